The van der Waals surface area contributed by atoms with Crippen LogP contribution in [0.1, 0.15) is 41.9 Å². The van der Waals surface area contributed by atoms with Gasteiger partial charge in [0.15, 0.2) is 11.5 Å². The van der Waals surface area contributed by atoms with Crippen LogP contribution in [-0.4, -0.2) is 26.7 Å². The minimum absolute atomic E-state index is 0.0704. The van der Waals surface area contributed by atoms with Crippen molar-refractivity contribution >= 4 is 5.91 Å². The molecule has 22 heavy (non-hydrogen) atoms. The van der Waals surface area contributed by atoms with Gasteiger partial charge in [0.2, 0.25) is 0 Å². The molecule has 3 N–H and O–H groups in total. The Balaban J connectivity index is 1.63. The number of hydrogen-bond donors (Lipinski definition) is 3. The van der Waals surface area contributed by atoms with Crippen LogP contribution in [0.15, 0.2) is 36.5 Å². The lowest BCUT2D eigenvalue weighted by Crippen LogP contribution is -2.35. The number of carbonyl (C=O) groups is 1. The van der Waals surface area contributed by atoms with Crippen molar-refractivity contribution in [2.24, 2.45) is 0 Å². The summed E-state index contributed by atoms with van der Waals surface area (Å²) in [6.07, 6.45) is 4.81. The zero-order valence-corrected chi connectivity index (χ0v) is 12.5. The van der Waals surface area contributed by atoms with Crippen molar-refractivity contribution in [3.8, 4) is 11.5 Å². The summed E-state index contributed by atoms with van der Waals surface area (Å²) >= 11 is 0. The zero-order valence-electron chi connectivity index (χ0n) is 12.5. The number of phenolic OH excluding ortho intramolecular Hbond substituents is 2. The first-order valence-electron chi connectivity index (χ1n) is 7.53. The molecule has 2 aromatic rings. The van der Waals surface area contributed by atoms with E-state index in [1.807, 2.05) is 29.8 Å². The van der Waals surface area contributed by atoms with Gasteiger partial charge < -0.3 is 20.1 Å². The Morgan fingerprint density at radius 2 is 2.09 bits per heavy atom. The van der Waals surface area contributed by atoms with Gasteiger partial charge in [-0.1, -0.05) is 6.07 Å². The first kappa shape index (κ1) is 14.5. The van der Waals surface area contributed by atoms with Crippen molar-refractivity contribution in [2.75, 3.05) is 0 Å². The van der Waals surface area contributed by atoms with Crippen molar-refractivity contribution in [1.82, 2.24) is 9.88 Å². The van der Waals surface area contributed by atoms with E-state index in [-0.39, 0.29) is 23.4 Å². The predicted molar refractivity (Wildman–Crippen MR) is 83.1 cm³/mol. The van der Waals surface area contributed by atoms with E-state index < -0.39 is 0 Å². The molecule has 1 heterocycles. The monoisotopic (exact) mass is 300 g/mol. The Labute approximate surface area is 129 Å². The molecule has 0 radical (unpaired) electrons. The van der Waals surface area contributed by atoms with Gasteiger partial charge in [0.25, 0.3) is 5.91 Å². The minimum Gasteiger partial charge on any atom is -0.504 e. The van der Waals surface area contributed by atoms with Crippen LogP contribution in [0.3, 0.4) is 0 Å². The molecule has 1 atom stereocenters. The van der Waals surface area contributed by atoms with Gasteiger partial charge >= 0.3 is 0 Å². The first-order chi connectivity index (χ1) is 10.5. The fraction of sp³-hybridized carbons (Fsp3) is 0.353. The number of hydrogen-bond acceptors (Lipinski definition) is 3. The average Bonchev–Trinajstić information content (AvgIpc) is 3.19. The Morgan fingerprint density at radius 3 is 2.77 bits per heavy atom. The largest absolute Gasteiger partial charge is 0.504 e. The number of aromatic nitrogens is 1. The van der Waals surface area contributed by atoms with Gasteiger partial charge in [-0.25, -0.2) is 0 Å². The maximum absolute atomic E-state index is 12.4. The van der Waals surface area contributed by atoms with Crippen LogP contribution in [0.2, 0.25) is 0 Å². The van der Waals surface area contributed by atoms with Crippen LogP contribution in [-0.2, 0) is 6.42 Å². The molecule has 1 fully saturated rings. The average molecular weight is 300 g/mol. The summed E-state index contributed by atoms with van der Waals surface area (Å²) in [5, 5.41) is 21.8. The zero-order chi connectivity index (χ0) is 15.7. The Bertz CT molecular complexity index is 689. The molecule has 1 amide bonds. The minimum atomic E-state index is -0.140. The predicted octanol–water partition coefficient (Wildman–Crippen LogP) is 2.60. The molecule has 1 aromatic carbocycles. The third kappa shape index (κ3) is 3.08. The van der Waals surface area contributed by atoms with Crippen molar-refractivity contribution in [2.45, 2.75) is 38.3 Å². The molecule has 3 rings (SSSR count). The third-order valence-corrected chi connectivity index (χ3v) is 3.91. The van der Waals surface area contributed by atoms with Crippen molar-refractivity contribution in [1.29, 1.82) is 0 Å². The van der Waals surface area contributed by atoms with Gasteiger partial charge in [-0.05, 0) is 56.0 Å². The number of rotatable bonds is 5. The molecule has 0 aliphatic heterocycles. The molecular weight excluding hydrogens is 280 g/mol. The smallest absolute Gasteiger partial charge is 0.268 e. The molecule has 0 saturated heterocycles. The van der Waals surface area contributed by atoms with Crippen LogP contribution in [0.25, 0.3) is 0 Å². The third-order valence-electron chi connectivity index (χ3n) is 3.91. The number of benzene rings is 1. The number of nitrogens with zero attached hydrogens (tertiary/aromatic N) is 1. The fourth-order valence-electron chi connectivity index (χ4n) is 2.66. The molecule has 0 spiro atoms. The van der Waals surface area contributed by atoms with Crippen molar-refractivity contribution in [3.05, 3.63) is 47.8 Å². The van der Waals surface area contributed by atoms with Crippen molar-refractivity contribution in [3.63, 3.8) is 0 Å². The van der Waals surface area contributed by atoms with E-state index in [4.69, 9.17) is 0 Å². The maximum atomic E-state index is 12.4. The van der Waals surface area contributed by atoms with Crippen molar-refractivity contribution < 1.29 is 15.0 Å². The number of nitrogens with one attached hydrogen (secondary N) is 1. The van der Waals surface area contributed by atoms with Gasteiger partial charge in [0, 0.05) is 18.3 Å². The maximum Gasteiger partial charge on any atom is 0.268 e. The molecule has 5 heteroatoms. The number of aromatic hydroxyl groups is 2. The molecular formula is C17H20N2O3. The van der Waals surface area contributed by atoms with Crippen LogP contribution in [0.4, 0.5) is 0 Å². The Kier molecular flexibility index (Phi) is 3.79. The standard InChI is InChI=1S/C17H20N2O3/c1-11(9-12-4-7-15(20)16(21)10-12)18-17(22)14-3-2-8-19(14)13-5-6-13/h2-4,7-8,10-11,13,20-21H,5-6,9H2,1H3,(H,18,22)/t11-/m0/s1. The second-order valence-corrected chi connectivity index (χ2v) is 5.93. The SMILES string of the molecule is C[C@@H](Cc1ccc(O)c(O)c1)NC(=O)c1cccn1C1CC1. The normalized spacial score (nSPS) is 15.5. The topological polar surface area (TPSA) is 74.5 Å². The number of phenols is 2. The van der Waals surface area contributed by atoms with Crippen LogP contribution < -0.4 is 5.32 Å². The lowest BCUT2D eigenvalue weighted by atomic mass is 10.1. The van der Waals surface area contributed by atoms with Gasteiger partial charge in [-0.2, -0.15) is 0 Å². The van der Waals surface area contributed by atoms with E-state index in [0.717, 1.165) is 18.4 Å². The number of amides is 1. The van der Waals surface area contributed by atoms with E-state index in [0.29, 0.717) is 18.2 Å². The highest BCUT2D eigenvalue weighted by Crippen LogP contribution is 2.36. The summed E-state index contributed by atoms with van der Waals surface area (Å²) in [4.78, 5) is 12.4. The molecule has 116 valence electrons. The fourth-order valence-corrected chi connectivity index (χ4v) is 2.66. The van der Waals surface area contributed by atoms with Crippen LogP contribution >= 0.6 is 0 Å². The molecule has 0 unspecified atom stereocenters. The van der Waals surface area contributed by atoms with E-state index in [1.165, 1.54) is 12.1 Å². The van der Waals surface area contributed by atoms with E-state index in [2.05, 4.69) is 5.32 Å². The molecule has 1 aliphatic carbocycles. The molecule has 1 saturated carbocycles. The van der Waals surface area contributed by atoms with Gasteiger partial charge in [0.05, 0.1) is 0 Å². The molecule has 5 nitrogen and oxygen atoms in total. The second-order valence-electron chi connectivity index (χ2n) is 5.93. The van der Waals surface area contributed by atoms with E-state index in [1.54, 1.807) is 6.07 Å². The molecule has 0 bridgehead atoms. The summed E-state index contributed by atoms with van der Waals surface area (Å²) in [6, 6.07) is 8.86. The van der Waals surface area contributed by atoms with Crippen LogP contribution in [0.5, 0.6) is 11.5 Å². The second kappa shape index (κ2) is 5.75. The van der Waals surface area contributed by atoms with E-state index >= 15 is 0 Å². The summed E-state index contributed by atoms with van der Waals surface area (Å²) in [5.74, 6) is -0.353. The van der Waals surface area contributed by atoms with Gasteiger partial charge in [-0.3, -0.25) is 4.79 Å². The van der Waals surface area contributed by atoms with Gasteiger partial charge in [0.1, 0.15) is 5.69 Å². The van der Waals surface area contributed by atoms with Crippen LogP contribution in [0, 0.1) is 0 Å². The lowest BCUT2D eigenvalue weighted by Gasteiger charge is -2.15. The quantitative estimate of drug-likeness (QED) is 0.743. The Morgan fingerprint density at radius 1 is 1.32 bits per heavy atom. The van der Waals surface area contributed by atoms with Gasteiger partial charge in [-0.15, -0.1) is 0 Å². The highest BCUT2D eigenvalue weighted by Gasteiger charge is 2.27. The molecule has 1 aliphatic rings. The highest BCUT2D eigenvalue weighted by molar-refractivity contribution is 5.93. The first-order valence-corrected chi connectivity index (χ1v) is 7.53. The lowest BCUT2D eigenvalue weighted by molar-refractivity contribution is 0.0930. The highest BCUT2D eigenvalue weighted by atomic mass is 16.3. The molecule has 1 aromatic heterocycles. The van der Waals surface area contributed by atoms with E-state index in [9.17, 15) is 15.0 Å². The summed E-state index contributed by atoms with van der Waals surface area (Å²) in [7, 11) is 0. The summed E-state index contributed by atoms with van der Waals surface area (Å²) in [5.41, 5.74) is 1.56. The number of carbonyl (C=O) groups excluding carboxylic acids is 1. The summed E-state index contributed by atoms with van der Waals surface area (Å²) < 4.78 is 2.04. The Hall–Kier alpha value is -2.43. The summed E-state index contributed by atoms with van der Waals surface area (Å²) in [6.45, 7) is 1.92.